The van der Waals surface area contributed by atoms with Gasteiger partial charge in [-0.05, 0) is 39.4 Å². The van der Waals surface area contributed by atoms with Crippen molar-refractivity contribution in [3.05, 3.63) is 29.3 Å². The van der Waals surface area contributed by atoms with Crippen molar-refractivity contribution in [3.8, 4) is 11.3 Å². The van der Waals surface area contributed by atoms with E-state index in [9.17, 15) is 14.4 Å². The lowest BCUT2D eigenvalue weighted by molar-refractivity contribution is -0.123. The molecule has 0 radical (unpaired) electrons. The molecule has 2 aromatic rings. The summed E-state index contributed by atoms with van der Waals surface area (Å²) in [6, 6.07) is 3.50. The average molecular weight is 422 g/mol. The third-order valence-electron chi connectivity index (χ3n) is 3.94. The van der Waals surface area contributed by atoms with Crippen LogP contribution < -0.4 is 10.6 Å². The highest BCUT2D eigenvalue weighted by Gasteiger charge is 2.24. The smallest absolute Gasteiger partial charge is 0.341 e. The van der Waals surface area contributed by atoms with Gasteiger partial charge in [-0.3, -0.25) is 14.5 Å². The van der Waals surface area contributed by atoms with Gasteiger partial charge in [0.1, 0.15) is 16.3 Å². The first-order chi connectivity index (χ1) is 13.8. The van der Waals surface area contributed by atoms with Crippen LogP contribution in [0.3, 0.4) is 0 Å². The molecule has 29 heavy (non-hydrogen) atoms. The second-order valence-electron chi connectivity index (χ2n) is 6.62. The standard InChI is InChI=1S/C20H27N3O5S/c1-5-23(10-16(24)21-13(3)4)11-17(25)22-19-18(20(26)27-6-2)14(12-29-19)15-8-7-9-28-15/h7-9,12-13H,5-6,10-11H2,1-4H3,(H,21,24)(H,22,25). The van der Waals surface area contributed by atoms with Crippen molar-refractivity contribution >= 4 is 34.1 Å². The van der Waals surface area contributed by atoms with Gasteiger partial charge >= 0.3 is 5.97 Å². The van der Waals surface area contributed by atoms with E-state index in [0.717, 1.165) is 0 Å². The molecule has 0 aliphatic carbocycles. The number of carbonyl (C=O) groups is 3. The number of amides is 2. The van der Waals surface area contributed by atoms with Gasteiger partial charge in [-0.15, -0.1) is 11.3 Å². The minimum Gasteiger partial charge on any atom is -0.464 e. The molecule has 2 aromatic heterocycles. The number of ether oxygens (including phenoxy) is 1. The van der Waals surface area contributed by atoms with Gasteiger partial charge in [-0.25, -0.2) is 4.79 Å². The summed E-state index contributed by atoms with van der Waals surface area (Å²) >= 11 is 1.22. The average Bonchev–Trinajstić information content (AvgIpc) is 3.29. The molecule has 2 rings (SSSR count). The normalized spacial score (nSPS) is 11.0. The monoisotopic (exact) mass is 421 g/mol. The second-order valence-corrected chi connectivity index (χ2v) is 7.50. The number of nitrogens with one attached hydrogen (secondary N) is 2. The van der Waals surface area contributed by atoms with E-state index >= 15 is 0 Å². The Labute approximate surface area is 174 Å². The number of thiophene rings is 1. The van der Waals surface area contributed by atoms with Crippen molar-refractivity contribution in [2.75, 3.05) is 31.6 Å². The quantitative estimate of drug-likeness (QED) is 0.572. The van der Waals surface area contributed by atoms with E-state index < -0.39 is 5.97 Å². The van der Waals surface area contributed by atoms with E-state index in [1.165, 1.54) is 17.6 Å². The van der Waals surface area contributed by atoms with Crippen molar-refractivity contribution in [1.82, 2.24) is 10.2 Å². The first-order valence-electron chi connectivity index (χ1n) is 9.49. The number of esters is 1. The van der Waals surface area contributed by atoms with Crippen LogP contribution in [0, 0.1) is 0 Å². The lowest BCUT2D eigenvalue weighted by Gasteiger charge is -2.20. The third kappa shape index (κ3) is 6.43. The third-order valence-corrected chi connectivity index (χ3v) is 4.84. The molecule has 0 aliphatic rings. The summed E-state index contributed by atoms with van der Waals surface area (Å²) in [7, 11) is 0. The Morgan fingerprint density at radius 3 is 2.52 bits per heavy atom. The molecule has 2 amide bonds. The highest BCUT2D eigenvalue weighted by atomic mass is 32.1. The molecule has 0 spiro atoms. The van der Waals surface area contributed by atoms with Crippen LogP contribution in [-0.4, -0.2) is 55.0 Å². The van der Waals surface area contributed by atoms with Gasteiger partial charge in [-0.1, -0.05) is 6.92 Å². The van der Waals surface area contributed by atoms with E-state index in [-0.39, 0.29) is 43.1 Å². The minimum atomic E-state index is -0.529. The second kappa shape index (κ2) is 10.8. The van der Waals surface area contributed by atoms with E-state index in [4.69, 9.17) is 9.15 Å². The van der Waals surface area contributed by atoms with E-state index in [1.807, 2.05) is 20.8 Å². The number of anilines is 1. The summed E-state index contributed by atoms with van der Waals surface area (Å²) in [5, 5.41) is 7.72. The summed E-state index contributed by atoms with van der Waals surface area (Å²) in [5.41, 5.74) is 0.832. The maximum atomic E-state index is 12.6. The number of furan rings is 1. The Hall–Kier alpha value is -2.65. The number of rotatable bonds is 10. The fourth-order valence-electron chi connectivity index (χ4n) is 2.69. The van der Waals surface area contributed by atoms with Gasteiger partial charge in [-0.2, -0.15) is 0 Å². The lowest BCUT2D eigenvalue weighted by Crippen LogP contribution is -2.42. The van der Waals surface area contributed by atoms with Gasteiger partial charge in [0.25, 0.3) is 0 Å². The Balaban J connectivity index is 2.13. The first kappa shape index (κ1) is 22.6. The van der Waals surface area contributed by atoms with Crippen LogP contribution in [0.1, 0.15) is 38.1 Å². The van der Waals surface area contributed by atoms with Crippen LogP contribution in [0.4, 0.5) is 5.00 Å². The van der Waals surface area contributed by atoms with E-state index in [0.29, 0.717) is 22.9 Å². The van der Waals surface area contributed by atoms with Gasteiger partial charge in [0.15, 0.2) is 0 Å². The van der Waals surface area contributed by atoms with Crippen molar-refractivity contribution in [2.24, 2.45) is 0 Å². The molecule has 0 unspecified atom stereocenters. The SMILES string of the molecule is CCOC(=O)c1c(-c2ccco2)csc1NC(=O)CN(CC)CC(=O)NC(C)C. The fraction of sp³-hybridized carbons (Fsp3) is 0.450. The van der Waals surface area contributed by atoms with Crippen LogP contribution in [0.25, 0.3) is 11.3 Å². The van der Waals surface area contributed by atoms with Gasteiger partial charge in [0.05, 0.1) is 26.0 Å². The maximum Gasteiger partial charge on any atom is 0.341 e. The zero-order valence-corrected chi connectivity index (χ0v) is 17.9. The fourth-order valence-corrected chi connectivity index (χ4v) is 3.64. The zero-order chi connectivity index (χ0) is 21.4. The van der Waals surface area contributed by atoms with Crippen LogP contribution in [0.5, 0.6) is 0 Å². The lowest BCUT2D eigenvalue weighted by atomic mass is 10.1. The Bertz CT molecular complexity index is 829. The predicted molar refractivity (Wildman–Crippen MR) is 112 cm³/mol. The molecular formula is C20H27N3O5S. The minimum absolute atomic E-state index is 0.0261. The molecule has 0 aromatic carbocycles. The van der Waals surface area contributed by atoms with Crippen molar-refractivity contribution in [3.63, 3.8) is 0 Å². The highest BCUT2D eigenvalue weighted by molar-refractivity contribution is 7.15. The summed E-state index contributed by atoms with van der Waals surface area (Å²) in [5.74, 6) is -0.467. The van der Waals surface area contributed by atoms with Crippen LogP contribution >= 0.6 is 11.3 Å². The van der Waals surface area contributed by atoms with Crippen molar-refractivity contribution < 1.29 is 23.5 Å². The zero-order valence-electron chi connectivity index (χ0n) is 17.1. The van der Waals surface area contributed by atoms with Gasteiger partial charge < -0.3 is 19.8 Å². The number of hydrogen-bond donors (Lipinski definition) is 2. The molecule has 0 aliphatic heterocycles. The topological polar surface area (TPSA) is 101 Å². The number of carbonyl (C=O) groups excluding carboxylic acids is 3. The molecule has 9 heteroatoms. The van der Waals surface area contributed by atoms with E-state index in [1.54, 1.807) is 29.3 Å². The molecule has 158 valence electrons. The van der Waals surface area contributed by atoms with Crippen LogP contribution in [0.2, 0.25) is 0 Å². The molecule has 0 atom stereocenters. The number of nitrogens with zero attached hydrogens (tertiary/aromatic N) is 1. The van der Waals surface area contributed by atoms with Crippen molar-refractivity contribution in [2.45, 2.75) is 33.7 Å². The molecule has 0 fully saturated rings. The van der Waals surface area contributed by atoms with Crippen LogP contribution in [0.15, 0.2) is 28.2 Å². The van der Waals surface area contributed by atoms with Crippen LogP contribution in [-0.2, 0) is 14.3 Å². The summed E-state index contributed by atoms with van der Waals surface area (Å²) < 4.78 is 10.5. The molecule has 8 nitrogen and oxygen atoms in total. The van der Waals surface area contributed by atoms with E-state index in [2.05, 4.69) is 10.6 Å². The molecule has 0 saturated heterocycles. The van der Waals surface area contributed by atoms with Crippen molar-refractivity contribution in [1.29, 1.82) is 0 Å². The Morgan fingerprint density at radius 1 is 1.21 bits per heavy atom. The number of likely N-dealkylation sites (N-methyl/N-ethyl adjacent to an activating group) is 1. The molecule has 2 heterocycles. The Morgan fingerprint density at radius 2 is 1.93 bits per heavy atom. The molecule has 0 bridgehead atoms. The summed E-state index contributed by atoms with van der Waals surface area (Å²) in [6.45, 7) is 8.25. The molecular weight excluding hydrogens is 394 g/mol. The largest absolute Gasteiger partial charge is 0.464 e. The van der Waals surface area contributed by atoms with Gasteiger partial charge in [0, 0.05) is 17.0 Å². The predicted octanol–water partition coefficient (Wildman–Crippen LogP) is 2.97. The molecule has 0 saturated carbocycles. The summed E-state index contributed by atoms with van der Waals surface area (Å²) in [6.07, 6.45) is 1.52. The maximum absolute atomic E-state index is 12.6. The number of hydrogen-bond acceptors (Lipinski definition) is 7. The van der Waals surface area contributed by atoms with Gasteiger partial charge in [0.2, 0.25) is 11.8 Å². The molecule has 2 N–H and O–H groups in total. The Kier molecular flexibility index (Phi) is 8.41. The highest BCUT2D eigenvalue weighted by Crippen LogP contribution is 2.36. The first-order valence-corrected chi connectivity index (χ1v) is 10.4. The summed E-state index contributed by atoms with van der Waals surface area (Å²) in [4.78, 5) is 38.7.